The number of aromatic nitrogens is 2. The molecule has 7 rings (SSSR count). The number of anilines is 2. The first kappa shape index (κ1) is 57.7. The number of pyridine rings is 1. The van der Waals surface area contributed by atoms with Gasteiger partial charge in [-0.25, -0.2) is 18.2 Å². The van der Waals surface area contributed by atoms with E-state index >= 15 is 13.2 Å². The molecule has 4 atom stereocenters. The number of carbonyl (C=O) groups is 4. The van der Waals surface area contributed by atoms with E-state index in [2.05, 4.69) is 20.6 Å². The van der Waals surface area contributed by atoms with Crippen LogP contribution in [0.2, 0.25) is 0 Å². The number of β-amino-alcohol motifs (C(OH)–C–C–N with tert-alkyl or cyclic N) is 1. The fourth-order valence-electron chi connectivity index (χ4n) is 9.16. The van der Waals surface area contributed by atoms with Gasteiger partial charge < -0.3 is 35.0 Å². The number of carbonyl (C=O) groups excluding carboxylic acids is 4. The number of halogens is 6. The summed E-state index contributed by atoms with van der Waals surface area (Å²) in [7, 11) is 0. The second kappa shape index (κ2) is 23.3. The van der Waals surface area contributed by atoms with Crippen LogP contribution in [0.3, 0.4) is 0 Å². The maximum absolute atomic E-state index is 15.8. The number of aliphatic hydroxyl groups excluding tert-OH is 1. The molecule has 2 aromatic heterocycles. The van der Waals surface area contributed by atoms with E-state index in [1.54, 1.807) is 16.8 Å². The molecule has 0 aliphatic carbocycles. The third-order valence-electron chi connectivity index (χ3n) is 13.4. The largest absolute Gasteiger partial charge is 0.491 e. The van der Waals surface area contributed by atoms with Crippen LogP contribution in [-0.4, -0.2) is 99.3 Å². The normalized spacial score (nSPS) is 17.3. The van der Waals surface area contributed by atoms with Gasteiger partial charge in [-0.3, -0.25) is 29.1 Å². The number of nitrogens with zero attached hydrogens (tertiary/aromatic N) is 6. The number of benzene rings is 3. The van der Waals surface area contributed by atoms with Crippen LogP contribution >= 0.6 is 23.6 Å². The quantitative estimate of drug-likeness (QED) is 0.0429. The first-order chi connectivity index (χ1) is 36.2. The van der Waals surface area contributed by atoms with Crippen molar-refractivity contribution < 1.29 is 60.1 Å². The van der Waals surface area contributed by atoms with E-state index in [4.69, 9.17) is 21.7 Å². The molecule has 15 nitrogen and oxygen atoms in total. The molecule has 3 N–H and O–H groups in total. The summed E-state index contributed by atoms with van der Waals surface area (Å²) in [5, 5.41) is 25.1. The third-order valence-corrected chi connectivity index (χ3v) is 14.7. The molecule has 0 spiro atoms. The minimum atomic E-state index is -5.28. The molecule has 4 amide bonds. The number of nitriles is 1. The van der Waals surface area contributed by atoms with Crippen LogP contribution in [0.25, 0.3) is 21.7 Å². The maximum atomic E-state index is 15.8. The number of thiazole rings is 1. The summed E-state index contributed by atoms with van der Waals surface area (Å²) in [6.45, 7) is 11.8. The molecule has 408 valence electrons. The number of unbranched alkanes of at least 4 members (excludes halogenated alkanes) is 1. The van der Waals surface area contributed by atoms with Crippen LogP contribution < -0.4 is 25.2 Å². The van der Waals surface area contributed by atoms with E-state index in [0.717, 1.165) is 57.1 Å². The Kier molecular flexibility index (Phi) is 17.5. The third kappa shape index (κ3) is 12.6. The number of aliphatic hydroxyl groups is 1. The van der Waals surface area contributed by atoms with Crippen molar-refractivity contribution >= 4 is 63.7 Å². The molecule has 0 unspecified atom stereocenters. The van der Waals surface area contributed by atoms with Gasteiger partial charge in [0.1, 0.15) is 29.4 Å². The van der Waals surface area contributed by atoms with Crippen LogP contribution in [0, 0.1) is 47.0 Å². The van der Waals surface area contributed by atoms with Crippen molar-refractivity contribution in [3.05, 3.63) is 112 Å². The molecule has 2 aliphatic rings. The van der Waals surface area contributed by atoms with E-state index in [-0.39, 0.29) is 74.0 Å². The fourth-order valence-corrected chi connectivity index (χ4v) is 10.5. The van der Waals surface area contributed by atoms with Crippen molar-refractivity contribution in [2.45, 2.75) is 97.6 Å². The highest BCUT2D eigenvalue weighted by Gasteiger charge is 2.52. The Morgan fingerprint density at radius 3 is 2.30 bits per heavy atom. The molecule has 77 heavy (non-hydrogen) atoms. The first-order valence-electron chi connectivity index (χ1n) is 24.4. The number of hydrogen-bond donors (Lipinski definition) is 3. The Morgan fingerprint density at radius 2 is 1.68 bits per heavy atom. The molecule has 23 heteroatoms. The molecule has 2 aliphatic heterocycles. The molecule has 5 aromatic rings. The number of nitrogens with one attached hydrogen (secondary N) is 2. The second-order valence-electron chi connectivity index (χ2n) is 20.3. The SMILES string of the molecule is Cc1ncsc1-c1ccc([C@H](C)NC(=O)[C@@H]2C[C@@H](O)CN2C(=O)[C@@H](CNC(=O)COCCCCOc2ccc(-c3ncc(N4C(=S)N(c5ccc(C#N)c(C(F)(F)F)c5F)C(=O)C4(C)C)cc3F)cc2F)C(C)(C)C)cc1. The van der Waals surface area contributed by atoms with Crippen molar-refractivity contribution in [2.24, 2.45) is 11.3 Å². The highest BCUT2D eigenvalue weighted by atomic mass is 32.1. The molecule has 3 aromatic carbocycles. The van der Waals surface area contributed by atoms with E-state index in [1.165, 1.54) is 36.9 Å². The summed E-state index contributed by atoms with van der Waals surface area (Å²) >= 11 is 6.97. The molecule has 2 saturated heterocycles. The molecular weight excluding hydrogens is 1050 g/mol. The summed E-state index contributed by atoms with van der Waals surface area (Å²) in [6, 6.07) is 13.9. The van der Waals surface area contributed by atoms with Gasteiger partial charge in [0.25, 0.3) is 5.91 Å². The van der Waals surface area contributed by atoms with Gasteiger partial charge >= 0.3 is 6.18 Å². The van der Waals surface area contributed by atoms with Crippen molar-refractivity contribution in [3.63, 3.8) is 0 Å². The van der Waals surface area contributed by atoms with Crippen LogP contribution in [0.4, 0.5) is 37.7 Å². The number of aryl methyl sites for hydroxylation is 1. The van der Waals surface area contributed by atoms with E-state index in [0.29, 0.717) is 17.7 Å². The lowest BCUT2D eigenvalue weighted by molar-refractivity contribution is -0.145. The monoisotopic (exact) mass is 1110 g/mol. The Morgan fingerprint density at radius 1 is 0.987 bits per heavy atom. The van der Waals surface area contributed by atoms with Crippen LogP contribution in [0.5, 0.6) is 5.75 Å². The zero-order valence-electron chi connectivity index (χ0n) is 43.1. The van der Waals surface area contributed by atoms with Gasteiger partial charge in [-0.2, -0.15) is 18.4 Å². The highest BCUT2D eigenvalue weighted by Crippen LogP contribution is 2.43. The first-order valence-corrected chi connectivity index (χ1v) is 25.7. The van der Waals surface area contributed by atoms with Crippen molar-refractivity contribution in [1.29, 1.82) is 5.26 Å². The average Bonchev–Trinajstić information content (AvgIpc) is 4.14. The topological polar surface area (TPSA) is 190 Å². The number of ether oxygens (including phenoxy) is 2. The van der Waals surface area contributed by atoms with Crippen LogP contribution in [0.15, 0.2) is 72.4 Å². The van der Waals surface area contributed by atoms with Crippen molar-refractivity contribution in [2.75, 3.05) is 42.7 Å². The number of alkyl halides is 3. The number of hydrogen-bond acceptors (Lipinski definition) is 12. The summed E-state index contributed by atoms with van der Waals surface area (Å²) in [4.78, 5) is 66.7. The standard InChI is InChI=1S/C54H56F6N8O7S2/c1-29(31-10-12-32(13-11-31)47-30(2)64-28-77-47)65-48(71)41-22-36(69)26-66(41)49(72)37(52(3,4)5)25-62-43(70)27-74-18-8-9-19-75-42-17-15-33(20-38(42)55)46-39(56)21-35(24-63-46)68-51(76)67(50(73)53(68,6)7)40-16-14-34(23-61)44(45(40)57)54(58,59)60/h10-17,20-21,24,28-29,36-37,41,69H,8-9,18-19,22,25-27H2,1-7H3,(H,62,70)(H,65,71)/t29-,36+,37+,41-/m0/s1. The number of rotatable bonds is 18. The van der Waals surface area contributed by atoms with Crippen LogP contribution in [-0.2, 0) is 30.1 Å². The van der Waals surface area contributed by atoms with Crippen molar-refractivity contribution in [1.82, 2.24) is 25.5 Å². The van der Waals surface area contributed by atoms with E-state index < -0.39 is 92.3 Å². The molecule has 2 fully saturated rings. The Hall–Kier alpha value is -7.00. The molecule has 0 saturated carbocycles. The van der Waals surface area contributed by atoms with Gasteiger partial charge in [0.15, 0.2) is 28.3 Å². The summed E-state index contributed by atoms with van der Waals surface area (Å²) < 4.78 is 99.0. The maximum Gasteiger partial charge on any atom is 0.420 e. The number of amides is 4. The van der Waals surface area contributed by atoms with Gasteiger partial charge in [0.05, 0.1) is 70.0 Å². The van der Waals surface area contributed by atoms with Gasteiger partial charge in [0, 0.05) is 37.7 Å². The predicted molar refractivity (Wildman–Crippen MR) is 279 cm³/mol. The van der Waals surface area contributed by atoms with E-state index in [1.807, 2.05) is 58.9 Å². The molecule has 0 bridgehead atoms. The van der Waals surface area contributed by atoms with Crippen LogP contribution in [0.1, 0.15) is 89.2 Å². The Labute approximate surface area is 450 Å². The summed E-state index contributed by atoms with van der Waals surface area (Å²) in [6.07, 6.45) is -4.18. The predicted octanol–water partition coefficient (Wildman–Crippen LogP) is 9.20. The molecule has 4 heterocycles. The van der Waals surface area contributed by atoms with E-state index in [9.17, 15) is 42.7 Å². The van der Waals surface area contributed by atoms with Gasteiger partial charge in [-0.1, -0.05) is 45.0 Å². The Balaban J connectivity index is 0.862. The second-order valence-corrected chi connectivity index (χ2v) is 21.5. The lowest BCUT2D eigenvalue weighted by atomic mass is 9.79. The fraction of sp³-hybridized carbons (Fsp3) is 0.407. The zero-order chi connectivity index (χ0) is 56.3. The van der Waals surface area contributed by atoms with Crippen molar-refractivity contribution in [3.8, 4) is 33.5 Å². The average molecular weight is 1110 g/mol. The lowest BCUT2D eigenvalue weighted by Crippen LogP contribution is -2.52. The van der Waals surface area contributed by atoms with Gasteiger partial charge in [0.2, 0.25) is 17.7 Å². The minimum absolute atomic E-state index is 0.0114. The van der Waals surface area contributed by atoms with Gasteiger partial charge in [-0.15, -0.1) is 11.3 Å². The molecule has 0 radical (unpaired) electrons. The zero-order valence-corrected chi connectivity index (χ0v) is 44.7. The van der Waals surface area contributed by atoms with Gasteiger partial charge in [-0.05, 0) is 99.6 Å². The minimum Gasteiger partial charge on any atom is -0.491 e. The number of thiocarbonyl (C=S) groups is 1. The summed E-state index contributed by atoms with van der Waals surface area (Å²) in [5.74, 6) is -6.79. The smallest absolute Gasteiger partial charge is 0.420 e. The lowest BCUT2D eigenvalue weighted by Gasteiger charge is -2.35. The summed E-state index contributed by atoms with van der Waals surface area (Å²) in [5.41, 5.74) is -1.84. The highest BCUT2D eigenvalue weighted by molar-refractivity contribution is 7.81. The number of likely N-dealkylation sites (tertiary alicyclic amines) is 1. The molecular formula is C54H56F6N8O7S2. The Bertz CT molecular complexity index is 3110.